The van der Waals surface area contributed by atoms with Gasteiger partial charge < -0.3 is 9.64 Å². The molecule has 9 nitrogen and oxygen atoms in total. The third-order valence-corrected chi connectivity index (χ3v) is 6.48. The van der Waals surface area contributed by atoms with Crippen LogP contribution in [0.15, 0.2) is 61.3 Å². The number of hydrogen-bond acceptors (Lipinski definition) is 8. The van der Waals surface area contributed by atoms with Gasteiger partial charge in [-0.15, -0.1) is 0 Å². The Kier molecular flexibility index (Phi) is 7.58. The standard InChI is InChI=1S/C27H32N8O/c1-3-35-20-23(27(32-35)22-5-4-9-28-19-22)24-8-10-29-25(31-24)17-21-6-7-26(30-18-21)34-13-11-33(12-14-34)15-16-36-2/h4-10,18-20H,3,11-17H2,1-2H3. The number of hydrogen-bond donors (Lipinski definition) is 0. The molecule has 0 unspecified atom stereocenters. The molecule has 5 rings (SSSR count). The molecule has 0 amide bonds. The number of anilines is 1. The van der Waals surface area contributed by atoms with Crippen LogP contribution in [0, 0.1) is 0 Å². The van der Waals surface area contributed by atoms with Gasteiger partial charge in [-0.1, -0.05) is 6.07 Å². The van der Waals surface area contributed by atoms with E-state index in [1.165, 1.54) is 0 Å². The smallest absolute Gasteiger partial charge is 0.133 e. The van der Waals surface area contributed by atoms with Gasteiger partial charge in [-0.2, -0.15) is 5.10 Å². The van der Waals surface area contributed by atoms with E-state index >= 15 is 0 Å². The van der Waals surface area contributed by atoms with E-state index in [0.29, 0.717) is 6.42 Å². The van der Waals surface area contributed by atoms with Crippen molar-refractivity contribution in [3.8, 4) is 22.5 Å². The fourth-order valence-corrected chi connectivity index (χ4v) is 4.43. The van der Waals surface area contributed by atoms with E-state index in [1.807, 2.05) is 47.7 Å². The minimum Gasteiger partial charge on any atom is -0.383 e. The van der Waals surface area contributed by atoms with Crippen molar-refractivity contribution in [2.75, 3.05) is 51.3 Å². The third kappa shape index (κ3) is 5.58. The van der Waals surface area contributed by atoms with Crippen molar-refractivity contribution in [1.82, 2.24) is 34.6 Å². The number of piperazine rings is 1. The second-order valence-electron chi connectivity index (χ2n) is 8.87. The normalized spacial score (nSPS) is 14.3. The fourth-order valence-electron chi connectivity index (χ4n) is 4.43. The quantitative estimate of drug-likeness (QED) is 0.358. The summed E-state index contributed by atoms with van der Waals surface area (Å²) in [6.07, 6.45) is 10.0. The molecule has 4 aromatic rings. The third-order valence-electron chi connectivity index (χ3n) is 6.48. The summed E-state index contributed by atoms with van der Waals surface area (Å²) >= 11 is 0. The molecule has 0 N–H and O–H groups in total. The molecule has 36 heavy (non-hydrogen) atoms. The van der Waals surface area contributed by atoms with Crippen LogP contribution in [-0.4, -0.2) is 81.1 Å². The number of aromatic nitrogens is 6. The van der Waals surface area contributed by atoms with Crippen LogP contribution in [0.5, 0.6) is 0 Å². The molecular weight excluding hydrogens is 452 g/mol. The number of methoxy groups -OCH3 is 1. The van der Waals surface area contributed by atoms with Crippen LogP contribution in [0.2, 0.25) is 0 Å². The van der Waals surface area contributed by atoms with Crippen LogP contribution < -0.4 is 4.90 Å². The van der Waals surface area contributed by atoms with Crippen LogP contribution in [0.4, 0.5) is 5.82 Å². The van der Waals surface area contributed by atoms with Gasteiger partial charge in [-0.3, -0.25) is 14.6 Å². The van der Waals surface area contributed by atoms with Gasteiger partial charge >= 0.3 is 0 Å². The van der Waals surface area contributed by atoms with Gasteiger partial charge in [0, 0.05) is 94.9 Å². The Labute approximate surface area is 211 Å². The Hall–Kier alpha value is -3.69. The highest BCUT2D eigenvalue weighted by molar-refractivity contribution is 5.78. The van der Waals surface area contributed by atoms with Crippen molar-refractivity contribution >= 4 is 5.82 Å². The van der Waals surface area contributed by atoms with E-state index in [1.54, 1.807) is 13.3 Å². The molecule has 5 heterocycles. The van der Waals surface area contributed by atoms with Crippen molar-refractivity contribution in [3.63, 3.8) is 0 Å². The van der Waals surface area contributed by atoms with E-state index in [-0.39, 0.29) is 0 Å². The first kappa shape index (κ1) is 24.0. The number of nitrogens with zero attached hydrogens (tertiary/aromatic N) is 8. The molecule has 186 valence electrons. The summed E-state index contributed by atoms with van der Waals surface area (Å²) in [5.74, 6) is 1.78. The highest BCUT2D eigenvalue weighted by atomic mass is 16.5. The van der Waals surface area contributed by atoms with Gasteiger partial charge in [0.15, 0.2) is 0 Å². The summed E-state index contributed by atoms with van der Waals surface area (Å²) in [6, 6.07) is 10.1. The molecule has 0 saturated carbocycles. The van der Waals surface area contributed by atoms with Crippen LogP contribution in [0.1, 0.15) is 18.3 Å². The first-order chi connectivity index (χ1) is 17.7. The van der Waals surface area contributed by atoms with E-state index in [2.05, 4.69) is 38.8 Å². The monoisotopic (exact) mass is 484 g/mol. The first-order valence-electron chi connectivity index (χ1n) is 12.4. The van der Waals surface area contributed by atoms with Gasteiger partial charge in [0.25, 0.3) is 0 Å². The van der Waals surface area contributed by atoms with Gasteiger partial charge in [-0.05, 0) is 36.8 Å². The zero-order chi connectivity index (χ0) is 24.7. The summed E-state index contributed by atoms with van der Waals surface area (Å²) in [5.41, 5.74) is 4.77. The summed E-state index contributed by atoms with van der Waals surface area (Å²) in [4.78, 5) is 23.2. The predicted octanol–water partition coefficient (Wildman–Crippen LogP) is 3.18. The molecule has 0 spiro atoms. The number of rotatable bonds is 9. The molecule has 1 fully saturated rings. The summed E-state index contributed by atoms with van der Waals surface area (Å²) in [5, 5.41) is 4.75. The molecule has 0 atom stereocenters. The van der Waals surface area contributed by atoms with E-state index < -0.39 is 0 Å². The summed E-state index contributed by atoms with van der Waals surface area (Å²) in [6.45, 7) is 8.64. The van der Waals surface area contributed by atoms with Gasteiger partial charge in [0.2, 0.25) is 0 Å². The van der Waals surface area contributed by atoms with Crippen LogP contribution >= 0.6 is 0 Å². The first-order valence-corrected chi connectivity index (χ1v) is 12.4. The van der Waals surface area contributed by atoms with Crippen molar-refractivity contribution in [2.24, 2.45) is 0 Å². The van der Waals surface area contributed by atoms with E-state index in [0.717, 1.165) is 85.6 Å². The number of aryl methyl sites for hydroxylation is 1. The number of pyridine rings is 2. The fraction of sp³-hybridized carbons (Fsp3) is 0.370. The second-order valence-corrected chi connectivity index (χ2v) is 8.87. The lowest BCUT2D eigenvalue weighted by molar-refractivity contribution is 0.144. The van der Waals surface area contributed by atoms with Crippen LogP contribution in [0.25, 0.3) is 22.5 Å². The molecule has 1 saturated heterocycles. The van der Waals surface area contributed by atoms with Crippen LogP contribution in [-0.2, 0) is 17.7 Å². The highest BCUT2D eigenvalue weighted by Crippen LogP contribution is 2.29. The minimum absolute atomic E-state index is 0.621. The average Bonchev–Trinajstić information content (AvgIpc) is 3.38. The lowest BCUT2D eigenvalue weighted by Gasteiger charge is -2.35. The maximum atomic E-state index is 5.20. The predicted molar refractivity (Wildman–Crippen MR) is 140 cm³/mol. The van der Waals surface area contributed by atoms with E-state index in [9.17, 15) is 0 Å². The molecule has 0 aromatic carbocycles. The lowest BCUT2D eigenvalue weighted by Crippen LogP contribution is -2.47. The average molecular weight is 485 g/mol. The van der Waals surface area contributed by atoms with Gasteiger partial charge in [0.1, 0.15) is 17.3 Å². The SMILES string of the molecule is CCn1cc(-c2ccnc(Cc3ccc(N4CCN(CCOC)CC4)nc3)n2)c(-c2cccnc2)n1. The molecule has 4 aromatic heterocycles. The summed E-state index contributed by atoms with van der Waals surface area (Å²) < 4.78 is 7.13. The second kappa shape index (κ2) is 11.4. The maximum Gasteiger partial charge on any atom is 0.133 e. The molecule has 0 aliphatic carbocycles. The zero-order valence-corrected chi connectivity index (χ0v) is 20.9. The van der Waals surface area contributed by atoms with Gasteiger partial charge in [0.05, 0.1) is 12.3 Å². The molecule has 0 radical (unpaired) electrons. The van der Waals surface area contributed by atoms with Crippen molar-refractivity contribution in [1.29, 1.82) is 0 Å². The lowest BCUT2D eigenvalue weighted by atomic mass is 10.1. The Morgan fingerprint density at radius 3 is 2.58 bits per heavy atom. The minimum atomic E-state index is 0.621. The van der Waals surface area contributed by atoms with Crippen LogP contribution in [0.3, 0.4) is 0 Å². The summed E-state index contributed by atoms with van der Waals surface area (Å²) in [7, 11) is 1.75. The van der Waals surface area contributed by atoms with Crippen molar-refractivity contribution < 1.29 is 4.74 Å². The topological polar surface area (TPSA) is 85.1 Å². The Balaban J connectivity index is 1.29. The Bertz CT molecular complexity index is 1250. The molecule has 1 aliphatic rings. The Morgan fingerprint density at radius 2 is 1.86 bits per heavy atom. The molecular formula is C27H32N8O. The Morgan fingerprint density at radius 1 is 0.972 bits per heavy atom. The van der Waals surface area contributed by atoms with Crippen molar-refractivity contribution in [3.05, 3.63) is 72.7 Å². The van der Waals surface area contributed by atoms with Crippen molar-refractivity contribution in [2.45, 2.75) is 19.9 Å². The largest absolute Gasteiger partial charge is 0.383 e. The molecule has 1 aliphatic heterocycles. The zero-order valence-electron chi connectivity index (χ0n) is 20.9. The van der Waals surface area contributed by atoms with E-state index in [4.69, 9.17) is 19.8 Å². The van der Waals surface area contributed by atoms with Gasteiger partial charge in [-0.25, -0.2) is 15.0 Å². The highest BCUT2D eigenvalue weighted by Gasteiger charge is 2.18. The maximum absolute atomic E-state index is 5.20. The molecule has 9 heteroatoms. The number of ether oxygens (including phenoxy) is 1. The molecule has 0 bridgehead atoms.